The van der Waals surface area contributed by atoms with Crippen molar-refractivity contribution in [1.82, 2.24) is 5.32 Å². The lowest BCUT2D eigenvalue weighted by Crippen LogP contribution is -2.43. The molecule has 0 aromatic heterocycles. The van der Waals surface area contributed by atoms with E-state index in [0.717, 1.165) is 6.54 Å². The van der Waals surface area contributed by atoms with Gasteiger partial charge in [0.1, 0.15) is 0 Å². The Morgan fingerprint density at radius 1 is 1.20 bits per heavy atom. The van der Waals surface area contributed by atoms with E-state index in [0.29, 0.717) is 12.2 Å². The van der Waals surface area contributed by atoms with Crippen LogP contribution in [0.15, 0.2) is 24.3 Å². The lowest BCUT2D eigenvalue weighted by Gasteiger charge is -2.24. The molecule has 1 aromatic carbocycles. The van der Waals surface area contributed by atoms with Gasteiger partial charge in [-0.1, -0.05) is 49.1 Å². The topological polar surface area (TPSA) is 46.2 Å². The number of nitrogens with one attached hydrogen (secondary N) is 1. The van der Waals surface area contributed by atoms with E-state index in [2.05, 4.69) is 49.2 Å². The Bertz CT molecular complexity index is 575. The van der Waals surface area contributed by atoms with Crippen molar-refractivity contribution in [2.45, 2.75) is 45.1 Å². The highest BCUT2D eigenvalue weighted by Gasteiger charge is 2.37. The molecule has 0 amide bonds. The third-order valence-corrected chi connectivity index (χ3v) is 8.01. The van der Waals surface area contributed by atoms with Gasteiger partial charge in [-0.25, -0.2) is 8.42 Å². The smallest absolute Gasteiger partial charge is 0.152 e. The molecule has 1 unspecified atom stereocenters. The highest BCUT2D eigenvalue weighted by molar-refractivity contribution is 7.91. The average Bonchev–Trinajstić information content (AvgIpc) is 2.61. The predicted octanol–water partition coefficient (Wildman–Crippen LogP) is 1.90. The van der Waals surface area contributed by atoms with Gasteiger partial charge >= 0.3 is 0 Å². The van der Waals surface area contributed by atoms with Crippen LogP contribution < -0.4 is 10.5 Å². The van der Waals surface area contributed by atoms with Gasteiger partial charge in [-0.15, -0.1) is 0 Å². The van der Waals surface area contributed by atoms with Crippen LogP contribution in [0.2, 0.25) is 19.6 Å². The molecule has 0 aliphatic carbocycles. The van der Waals surface area contributed by atoms with Crippen LogP contribution in [-0.2, 0) is 16.4 Å². The van der Waals surface area contributed by atoms with E-state index in [4.69, 9.17) is 0 Å². The third-order valence-electron chi connectivity index (χ3n) is 4.04. The first-order chi connectivity index (χ1) is 9.10. The fourth-order valence-corrected chi connectivity index (χ4v) is 5.88. The Kier molecular flexibility index (Phi) is 4.15. The quantitative estimate of drug-likeness (QED) is 0.864. The molecule has 2 rings (SSSR count). The molecule has 0 saturated carbocycles. The van der Waals surface area contributed by atoms with Crippen LogP contribution in [0, 0.1) is 0 Å². The largest absolute Gasteiger partial charge is 0.306 e. The van der Waals surface area contributed by atoms with Gasteiger partial charge in [0.2, 0.25) is 0 Å². The maximum absolute atomic E-state index is 11.6. The third kappa shape index (κ3) is 3.93. The fourth-order valence-electron chi connectivity index (χ4n) is 2.59. The van der Waals surface area contributed by atoms with Gasteiger partial charge in [0.05, 0.1) is 19.6 Å². The summed E-state index contributed by atoms with van der Waals surface area (Å²) in [5, 5.41) is 4.87. The molecule has 0 spiro atoms. The first kappa shape index (κ1) is 15.7. The number of hydrogen-bond donors (Lipinski definition) is 1. The molecule has 112 valence electrons. The van der Waals surface area contributed by atoms with Gasteiger partial charge < -0.3 is 5.32 Å². The lowest BCUT2D eigenvalue weighted by atomic mass is 10.0. The Balaban J connectivity index is 1.98. The summed E-state index contributed by atoms with van der Waals surface area (Å²) in [6.07, 6.45) is 0.711. The van der Waals surface area contributed by atoms with E-state index in [1.54, 1.807) is 0 Å². The second-order valence-electron chi connectivity index (χ2n) is 7.20. The monoisotopic (exact) mass is 311 g/mol. The fraction of sp³-hybridized carbons (Fsp3) is 0.600. The van der Waals surface area contributed by atoms with Crippen molar-refractivity contribution in [3.63, 3.8) is 0 Å². The maximum Gasteiger partial charge on any atom is 0.152 e. The molecular formula is C15H25NO2SSi. The zero-order chi connectivity index (χ0) is 15.0. The molecule has 20 heavy (non-hydrogen) atoms. The minimum Gasteiger partial charge on any atom is -0.306 e. The maximum atomic E-state index is 11.6. The standard InChI is InChI=1S/C15H25NO2SSi/c1-15(9-10-19(17,18)12-15)16-11-13-5-7-14(8-6-13)20(2,3)4/h5-8,16H,9-12H2,1-4H3. The summed E-state index contributed by atoms with van der Waals surface area (Å²) in [6, 6.07) is 8.76. The Labute approximate surface area is 123 Å². The summed E-state index contributed by atoms with van der Waals surface area (Å²) in [6.45, 7) is 9.76. The van der Waals surface area contributed by atoms with Crippen LogP contribution in [0.3, 0.4) is 0 Å². The zero-order valence-corrected chi connectivity index (χ0v) is 14.7. The number of benzene rings is 1. The second kappa shape index (κ2) is 5.28. The summed E-state index contributed by atoms with van der Waals surface area (Å²) in [4.78, 5) is 0. The van der Waals surface area contributed by atoms with Crippen LogP contribution in [-0.4, -0.2) is 33.5 Å². The molecule has 1 aromatic rings. The molecule has 1 atom stereocenters. The predicted molar refractivity (Wildman–Crippen MR) is 87.9 cm³/mol. The first-order valence-corrected chi connectivity index (χ1v) is 12.5. The molecular weight excluding hydrogens is 286 g/mol. The zero-order valence-electron chi connectivity index (χ0n) is 12.9. The summed E-state index contributed by atoms with van der Waals surface area (Å²) in [7, 11) is -4.08. The van der Waals surface area contributed by atoms with Crippen LogP contribution in [0.4, 0.5) is 0 Å². The normalized spacial score (nSPS) is 25.8. The van der Waals surface area contributed by atoms with Crippen molar-refractivity contribution < 1.29 is 8.42 Å². The van der Waals surface area contributed by atoms with Crippen molar-refractivity contribution in [2.75, 3.05) is 11.5 Å². The number of hydrogen-bond acceptors (Lipinski definition) is 3. The van der Waals surface area contributed by atoms with Gasteiger partial charge in [-0.05, 0) is 18.9 Å². The SMILES string of the molecule is CC1(NCc2ccc([Si](C)(C)C)cc2)CCS(=O)(=O)C1. The van der Waals surface area contributed by atoms with Gasteiger partial charge in [0.25, 0.3) is 0 Å². The Morgan fingerprint density at radius 2 is 1.80 bits per heavy atom. The number of rotatable bonds is 4. The minimum atomic E-state index is -2.84. The van der Waals surface area contributed by atoms with Gasteiger partial charge in [0, 0.05) is 12.1 Å². The van der Waals surface area contributed by atoms with E-state index in [1.165, 1.54) is 10.8 Å². The Morgan fingerprint density at radius 3 is 2.25 bits per heavy atom. The summed E-state index contributed by atoms with van der Waals surface area (Å²) >= 11 is 0. The second-order valence-corrected chi connectivity index (χ2v) is 14.5. The highest BCUT2D eigenvalue weighted by Crippen LogP contribution is 2.23. The van der Waals surface area contributed by atoms with Crippen molar-refractivity contribution in [2.24, 2.45) is 0 Å². The van der Waals surface area contributed by atoms with Crippen LogP contribution in [0.1, 0.15) is 18.9 Å². The molecule has 1 fully saturated rings. The van der Waals surface area contributed by atoms with Crippen molar-refractivity contribution in [3.05, 3.63) is 29.8 Å². The summed E-state index contributed by atoms with van der Waals surface area (Å²) in [5.74, 6) is 0.568. The molecule has 1 aliphatic heterocycles. The molecule has 0 radical (unpaired) electrons. The molecule has 3 nitrogen and oxygen atoms in total. The minimum absolute atomic E-state index is 0.257. The molecule has 1 heterocycles. The highest BCUT2D eigenvalue weighted by atomic mass is 32.2. The van der Waals surface area contributed by atoms with Gasteiger partial charge in [-0.2, -0.15) is 0 Å². The Hall–Kier alpha value is -0.653. The van der Waals surface area contributed by atoms with E-state index in [-0.39, 0.29) is 11.3 Å². The first-order valence-electron chi connectivity index (χ1n) is 7.15. The number of sulfone groups is 1. The van der Waals surface area contributed by atoms with Gasteiger partial charge in [0.15, 0.2) is 9.84 Å². The summed E-state index contributed by atoms with van der Waals surface area (Å²) < 4.78 is 23.2. The molecule has 1 N–H and O–H groups in total. The van der Waals surface area contributed by atoms with E-state index >= 15 is 0 Å². The van der Waals surface area contributed by atoms with Crippen molar-refractivity contribution >= 4 is 23.1 Å². The average molecular weight is 312 g/mol. The summed E-state index contributed by atoms with van der Waals surface area (Å²) in [5.41, 5.74) is 0.952. The van der Waals surface area contributed by atoms with Crippen LogP contribution >= 0.6 is 0 Å². The van der Waals surface area contributed by atoms with E-state index in [1.807, 2.05) is 6.92 Å². The van der Waals surface area contributed by atoms with Crippen molar-refractivity contribution in [3.8, 4) is 0 Å². The van der Waals surface area contributed by atoms with Crippen LogP contribution in [0.5, 0.6) is 0 Å². The molecule has 1 aliphatic rings. The van der Waals surface area contributed by atoms with Crippen LogP contribution in [0.25, 0.3) is 0 Å². The molecule has 1 saturated heterocycles. The van der Waals surface area contributed by atoms with Gasteiger partial charge in [-0.3, -0.25) is 0 Å². The van der Waals surface area contributed by atoms with E-state index in [9.17, 15) is 8.42 Å². The van der Waals surface area contributed by atoms with E-state index < -0.39 is 17.9 Å². The molecule has 0 bridgehead atoms. The lowest BCUT2D eigenvalue weighted by molar-refractivity contribution is 0.395. The van der Waals surface area contributed by atoms with Crippen molar-refractivity contribution in [1.29, 1.82) is 0 Å². The molecule has 5 heteroatoms.